The fourth-order valence-electron chi connectivity index (χ4n) is 13.8. The van der Waals surface area contributed by atoms with Crippen molar-refractivity contribution in [2.75, 3.05) is 4.90 Å². The summed E-state index contributed by atoms with van der Waals surface area (Å²) in [7, 11) is 0. The van der Waals surface area contributed by atoms with Crippen LogP contribution in [-0.2, 0) is 10.8 Å². The van der Waals surface area contributed by atoms with Crippen LogP contribution in [0.2, 0.25) is 0 Å². The average molecular weight is 772 g/mol. The third-order valence-corrected chi connectivity index (χ3v) is 16.0. The summed E-state index contributed by atoms with van der Waals surface area (Å²) >= 11 is 0. The fraction of sp³-hybridized carbons (Fsp3) is 0.220. The Morgan fingerprint density at radius 3 is 1.80 bits per heavy atom. The Balaban J connectivity index is 1.02. The molecule has 1 nitrogen and oxygen atoms in total. The van der Waals surface area contributed by atoms with E-state index in [1.165, 1.54) is 116 Å². The number of rotatable bonds is 5. The van der Waals surface area contributed by atoms with E-state index in [0.717, 1.165) is 11.8 Å². The number of hydrogen-bond donors (Lipinski definition) is 0. The minimum absolute atomic E-state index is 0.0930. The lowest BCUT2D eigenvalue weighted by Crippen LogP contribution is -2.55. The zero-order valence-corrected chi connectivity index (χ0v) is 34.5. The van der Waals surface area contributed by atoms with E-state index in [1.54, 1.807) is 11.1 Å². The summed E-state index contributed by atoms with van der Waals surface area (Å²) in [5.41, 5.74) is 20.4. The highest BCUT2D eigenvalue weighted by Crippen LogP contribution is 2.70. The van der Waals surface area contributed by atoms with Crippen LogP contribution in [0.3, 0.4) is 0 Å². The molecule has 8 aromatic rings. The predicted octanol–water partition coefficient (Wildman–Crippen LogP) is 15.7. The smallest absolute Gasteiger partial charge is 0.0468 e. The molecule has 14 rings (SSSR count). The van der Waals surface area contributed by atoms with Gasteiger partial charge >= 0.3 is 0 Å². The molecular formula is C59H49N. The van der Waals surface area contributed by atoms with Crippen molar-refractivity contribution in [1.29, 1.82) is 0 Å². The Hall–Kier alpha value is -6.18. The van der Waals surface area contributed by atoms with Gasteiger partial charge in [-0.2, -0.15) is 0 Å². The first-order valence-electron chi connectivity index (χ1n) is 22.4. The maximum absolute atomic E-state index is 2.59. The van der Waals surface area contributed by atoms with Gasteiger partial charge in [0, 0.05) is 27.9 Å². The molecule has 0 aliphatic heterocycles. The van der Waals surface area contributed by atoms with Gasteiger partial charge in [-0.3, -0.25) is 0 Å². The molecule has 6 aliphatic carbocycles. The molecule has 0 saturated heterocycles. The Morgan fingerprint density at radius 1 is 0.400 bits per heavy atom. The highest BCUT2D eigenvalue weighted by molar-refractivity contribution is 5.98. The fourth-order valence-corrected chi connectivity index (χ4v) is 13.8. The molecule has 0 radical (unpaired) electrons. The Kier molecular flexibility index (Phi) is 7.32. The molecule has 0 atom stereocenters. The molecule has 0 amide bonds. The van der Waals surface area contributed by atoms with Gasteiger partial charge in [0.2, 0.25) is 0 Å². The van der Waals surface area contributed by atoms with Crippen molar-refractivity contribution in [2.24, 2.45) is 23.7 Å². The lowest BCUT2D eigenvalue weighted by molar-refractivity contribution is -0.0399. The van der Waals surface area contributed by atoms with Crippen LogP contribution in [0.25, 0.3) is 55.3 Å². The van der Waals surface area contributed by atoms with Gasteiger partial charge in [-0.1, -0.05) is 153 Å². The molecule has 4 fully saturated rings. The van der Waals surface area contributed by atoms with Crippen molar-refractivity contribution < 1.29 is 0 Å². The zero-order valence-electron chi connectivity index (χ0n) is 34.5. The van der Waals surface area contributed by atoms with Gasteiger partial charge in [0.25, 0.3) is 0 Å². The summed E-state index contributed by atoms with van der Waals surface area (Å²) in [6.07, 6.45) is 6.98. The van der Waals surface area contributed by atoms with E-state index in [0.29, 0.717) is 11.8 Å². The normalized spacial score (nSPS) is 23.4. The Morgan fingerprint density at radius 2 is 0.983 bits per heavy atom. The SMILES string of the molecule is CC1(C)c2ccccc2-c2ccc(N(c3ccc(-c4cccc5ccccc45)cc3)c3ccc4c(c3)-c3c(-c5ccccc5)cccc3C43C4CC5CC(C4)CC3C5)cc21. The topological polar surface area (TPSA) is 3.24 Å². The van der Waals surface area contributed by atoms with Gasteiger partial charge in [-0.25, -0.2) is 0 Å². The lowest BCUT2D eigenvalue weighted by atomic mass is 9.43. The van der Waals surface area contributed by atoms with E-state index in [4.69, 9.17) is 0 Å². The lowest BCUT2D eigenvalue weighted by Gasteiger charge is -2.61. The van der Waals surface area contributed by atoms with Crippen LogP contribution in [0.15, 0.2) is 176 Å². The van der Waals surface area contributed by atoms with Crippen LogP contribution in [-0.4, -0.2) is 0 Å². The first-order valence-corrected chi connectivity index (χ1v) is 22.4. The molecule has 8 aromatic carbocycles. The quantitative estimate of drug-likeness (QED) is 0.168. The second kappa shape index (κ2) is 12.7. The minimum atomic E-state index is -0.0981. The number of nitrogens with zero attached hydrogens (tertiary/aromatic N) is 1. The Labute approximate surface area is 354 Å². The van der Waals surface area contributed by atoms with Crippen LogP contribution in [0, 0.1) is 23.7 Å². The third-order valence-electron chi connectivity index (χ3n) is 16.0. The highest BCUT2D eigenvalue weighted by Gasteiger charge is 2.61. The van der Waals surface area contributed by atoms with E-state index in [-0.39, 0.29) is 10.8 Å². The van der Waals surface area contributed by atoms with E-state index in [2.05, 4.69) is 195 Å². The second-order valence-corrected chi connectivity index (χ2v) is 19.3. The second-order valence-electron chi connectivity index (χ2n) is 19.3. The summed E-state index contributed by atoms with van der Waals surface area (Å²) in [5, 5.41) is 2.56. The zero-order chi connectivity index (χ0) is 39.7. The first kappa shape index (κ1) is 34.7. The summed E-state index contributed by atoms with van der Waals surface area (Å²) in [4.78, 5) is 2.54. The van der Waals surface area contributed by atoms with Crippen LogP contribution in [0.1, 0.15) is 68.2 Å². The predicted molar refractivity (Wildman–Crippen MR) is 250 cm³/mol. The molecular weight excluding hydrogens is 723 g/mol. The van der Waals surface area contributed by atoms with Crippen molar-refractivity contribution in [3.63, 3.8) is 0 Å². The minimum Gasteiger partial charge on any atom is -0.310 e. The molecule has 0 aromatic heterocycles. The number of fused-ring (bicyclic) bond motifs is 7. The number of benzene rings is 8. The van der Waals surface area contributed by atoms with E-state index < -0.39 is 0 Å². The molecule has 0 heterocycles. The van der Waals surface area contributed by atoms with Crippen molar-refractivity contribution in [1.82, 2.24) is 0 Å². The van der Waals surface area contributed by atoms with Gasteiger partial charge in [-0.15, -0.1) is 0 Å². The number of hydrogen-bond acceptors (Lipinski definition) is 1. The van der Waals surface area contributed by atoms with E-state index in [1.807, 2.05) is 0 Å². The van der Waals surface area contributed by atoms with Gasteiger partial charge < -0.3 is 4.90 Å². The van der Waals surface area contributed by atoms with Crippen molar-refractivity contribution >= 4 is 27.8 Å². The van der Waals surface area contributed by atoms with Crippen molar-refractivity contribution in [2.45, 2.75) is 56.8 Å². The molecule has 4 saturated carbocycles. The van der Waals surface area contributed by atoms with E-state index >= 15 is 0 Å². The highest BCUT2D eigenvalue weighted by atomic mass is 15.1. The van der Waals surface area contributed by atoms with Gasteiger partial charge in [-0.05, 0) is 170 Å². The summed E-state index contributed by atoms with van der Waals surface area (Å²) in [6, 6.07) is 67.1. The molecule has 0 N–H and O–H groups in total. The van der Waals surface area contributed by atoms with E-state index in [9.17, 15) is 0 Å². The average Bonchev–Trinajstić information content (AvgIpc) is 3.71. The summed E-state index contributed by atoms with van der Waals surface area (Å²) in [5.74, 6) is 3.24. The first-order chi connectivity index (χ1) is 29.5. The molecule has 6 aliphatic rings. The maximum Gasteiger partial charge on any atom is 0.0468 e. The molecule has 1 spiro atoms. The standard InChI is InChI=1S/C59H49N/c1-58(2)53-20-9-8-17-50(53)51-28-26-46(36-56(51)58)60(44-24-22-41(23-25-44)48-18-10-15-39-14-6-7-16-47(39)48)45-27-29-54-52(35-45)57-49(40-12-4-3-5-13-40)19-11-21-55(57)59(54)42-31-37-30-38(33-42)34-43(59)32-37/h3-29,35-38,42-43H,30-34H2,1-2H3. The van der Waals surface area contributed by atoms with Crippen LogP contribution >= 0.6 is 0 Å². The Bertz CT molecular complexity index is 2990. The molecule has 290 valence electrons. The van der Waals surface area contributed by atoms with Gasteiger partial charge in [0.05, 0.1) is 0 Å². The largest absolute Gasteiger partial charge is 0.310 e. The van der Waals surface area contributed by atoms with Gasteiger partial charge in [0.15, 0.2) is 0 Å². The maximum atomic E-state index is 2.59. The van der Waals surface area contributed by atoms with Gasteiger partial charge in [0.1, 0.15) is 0 Å². The summed E-state index contributed by atoms with van der Waals surface area (Å²) < 4.78 is 0. The third kappa shape index (κ3) is 4.75. The van der Waals surface area contributed by atoms with Crippen LogP contribution in [0.4, 0.5) is 17.1 Å². The molecule has 4 bridgehead atoms. The van der Waals surface area contributed by atoms with Crippen LogP contribution in [0.5, 0.6) is 0 Å². The monoisotopic (exact) mass is 771 g/mol. The number of anilines is 3. The van der Waals surface area contributed by atoms with Crippen molar-refractivity contribution in [3.8, 4) is 44.5 Å². The molecule has 60 heavy (non-hydrogen) atoms. The molecule has 0 unspecified atom stereocenters. The molecule has 1 heteroatoms. The van der Waals surface area contributed by atoms with Crippen LogP contribution < -0.4 is 4.90 Å². The summed E-state index contributed by atoms with van der Waals surface area (Å²) in [6.45, 7) is 4.79. The van der Waals surface area contributed by atoms with Crippen molar-refractivity contribution in [3.05, 3.63) is 198 Å².